The molecule has 0 aliphatic heterocycles. The second kappa shape index (κ2) is 8.22. The number of primary amides is 1. The molecule has 0 aliphatic rings. The molecule has 0 spiro atoms. The lowest BCUT2D eigenvalue weighted by Gasteiger charge is -2.14. The Hall–Kier alpha value is -2.30. The van der Waals surface area contributed by atoms with E-state index < -0.39 is 12.2 Å². The summed E-state index contributed by atoms with van der Waals surface area (Å²) in [6.07, 6.45) is 5.81. The Kier molecular flexibility index (Phi) is 6.01. The molecule has 1 aromatic carbocycles. The Labute approximate surface area is 130 Å². The molecule has 5 heteroatoms. The van der Waals surface area contributed by atoms with Gasteiger partial charge in [-0.2, -0.15) is 0 Å². The van der Waals surface area contributed by atoms with Crippen LogP contribution >= 0.6 is 0 Å². The third-order valence-corrected chi connectivity index (χ3v) is 3.55. The maximum Gasteiger partial charge on any atom is 0.405 e. The van der Waals surface area contributed by atoms with Gasteiger partial charge in [0, 0.05) is 11.8 Å². The van der Waals surface area contributed by atoms with E-state index in [4.69, 9.17) is 10.5 Å². The number of aromatic amines is 1. The van der Waals surface area contributed by atoms with Crippen molar-refractivity contribution in [3.63, 3.8) is 0 Å². The fourth-order valence-corrected chi connectivity index (χ4v) is 2.41. The van der Waals surface area contributed by atoms with Crippen LogP contribution in [0.15, 0.2) is 36.5 Å². The number of unbranched alkanes of at least 4 members (excludes halogenated alkanes) is 3. The van der Waals surface area contributed by atoms with Crippen LogP contribution < -0.4 is 5.73 Å². The molecule has 1 aromatic heterocycles. The molecule has 0 saturated heterocycles. The van der Waals surface area contributed by atoms with Crippen LogP contribution in [-0.4, -0.2) is 16.1 Å². The summed E-state index contributed by atoms with van der Waals surface area (Å²) in [5, 5.41) is 0. The lowest BCUT2D eigenvalue weighted by atomic mass is 10.1. The van der Waals surface area contributed by atoms with E-state index in [2.05, 4.69) is 16.9 Å². The minimum atomic E-state index is -0.766. The summed E-state index contributed by atoms with van der Waals surface area (Å²) < 4.78 is 5.21. The molecule has 2 rings (SSSR count). The Morgan fingerprint density at radius 3 is 2.73 bits per heavy atom. The molecule has 1 heterocycles. The number of carbonyl (C=O) groups is 1. The molecule has 22 heavy (non-hydrogen) atoms. The van der Waals surface area contributed by atoms with Crippen molar-refractivity contribution in [1.29, 1.82) is 0 Å². The Bertz CT molecular complexity index is 581. The first-order chi connectivity index (χ1) is 10.7. The number of H-pyrrole nitrogens is 1. The predicted octanol–water partition coefficient (Wildman–Crippen LogP) is 4.18. The number of nitrogens with two attached hydrogens (primary N) is 1. The number of ether oxygens (including phenoxy) is 1. The van der Waals surface area contributed by atoms with Gasteiger partial charge in [0.1, 0.15) is 5.82 Å². The van der Waals surface area contributed by atoms with Gasteiger partial charge in [-0.15, -0.1) is 0 Å². The number of rotatable bonds is 8. The Morgan fingerprint density at radius 1 is 1.27 bits per heavy atom. The molecule has 0 aliphatic carbocycles. The van der Waals surface area contributed by atoms with Crippen molar-refractivity contribution in [3.8, 4) is 11.3 Å². The summed E-state index contributed by atoms with van der Waals surface area (Å²) in [5.41, 5.74) is 7.03. The summed E-state index contributed by atoms with van der Waals surface area (Å²) in [4.78, 5) is 18.8. The van der Waals surface area contributed by atoms with Crippen LogP contribution in [-0.2, 0) is 4.74 Å². The van der Waals surface area contributed by atoms with Gasteiger partial charge in [0.15, 0.2) is 6.10 Å². The Morgan fingerprint density at radius 2 is 2.05 bits per heavy atom. The SMILES string of the molecule is CCCCCCC(OC(N)=O)c1nc(-c2ccccc2)c[nH]1. The summed E-state index contributed by atoms with van der Waals surface area (Å²) in [5.74, 6) is 0.647. The van der Waals surface area contributed by atoms with Crippen molar-refractivity contribution in [2.45, 2.75) is 45.1 Å². The summed E-state index contributed by atoms with van der Waals surface area (Å²) in [7, 11) is 0. The zero-order chi connectivity index (χ0) is 15.8. The molecule has 0 radical (unpaired) electrons. The molecule has 0 saturated carbocycles. The topological polar surface area (TPSA) is 81.0 Å². The van der Waals surface area contributed by atoms with Crippen molar-refractivity contribution in [3.05, 3.63) is 42.4 Å². The molecule has 1 atom stereocenters. The number of imidazole rings is 1. The number of nitrogens with zero attached hydrogens (tertiary/aromatic N) is 1. The fourth-order valence-electron chi connectivity index (χ4n) is 2.41. The number of nitrogens with one attached hydrogen (secondary N) is 1. The van der Waals surface area contributed by atoms with E-state index in [1.165, 1.54) is 12.8 Å². The van der Waals surface area contributed by atoms with Crippen LogP contribution in [0.1, 0.15) is 51.0 Å². The first-order valence-electron chi connectivity index (χ1n) is 7.77. The zero-order valence-electron chi connectivity index (χ0n) is 12.9. The number of hydrogen-bond acceptors (Lipinski definition) is 3. The van der Waals surface area contributed by atoms with Crippen molar-refractivity contribution in [1.82, 2.24) is 9.97 Å². The molecule has 0 fully saturated rings. The van der Waals surface area contributed by atoms with E-state index >= 15 is 0 Å². The van der Waals surface area contributed by atoms with Crippen LogP contribution in [0.2, 0.25) is 0 Å². The van der Waals surface area contributed by atoms with Gasteiger partial charge < -0.3 is 15.5 Å². The van der Waals surface area contributed by atoms with Crippen molar-refractivity contribution in [2.24, 2.45) is 5.73 Å². The highest BCUT2D eigenvalue weighted by Gasteiger charge is 2.18. The van der Waals surface area contributed by atoms with Crippen molar-refractivity contribution >= 4 is 6.09 Å². The molecule has 3 N–H and O–H groups in total. The number of aromatic nitrogens is 2. The van der Waals surface area contributed by atoms with E-state index in [1.807, 2.05) is 36.5 Å². The van der Waals surface area contributed by atoms with Gasteiger partial charge in [0.2, 0.25) is 0 Å². The molecule has 1 amide bonds. The van der Waals surface area contributed by atoms with Crippen LogP contribution in [0.3, 0.4) is 0 Å². The number of benzene rings is 1. The number of carbonyl (C=O) groups excluding carboxylic acids is 1. The van der Waals surface area contributed by atoms with Gasteiger partial charge in [-0.05, 0) is 12.8 Å². The van der Waals surface area contributed by atoms with Gasteiger partial charge in [-0.25, -0.2) is 9.78 Å². The van der Waals surface area contributed by atoms with Crippen molar-refractivity contribution < 1.29 is 9.53 Å². The highest BCUT2D eigenvalue weighted by molar-refractivity contribution is 5.65. The third-order valence-electron chi connectivity index (χ3n) is 3.55. The first kappa shape index (κ1) is 16.1. The molecule has 2 aromatic rings. The van der Waals surface area contributed by atoms with Gasteiger partial charge in [0.25, 0.3) is 0 Å². The first-order valence-corrected chi connectivity index (χ1v) is 7.77. The zero-order valence-corrected chi connectivity index (χ0v) is 12.9. The van der Waals surface area contributed by atoms with Gasteiger partial charge in [0.05, 0.1) is 5.69 Å². The average Bonchev–Trinajstić information content (AvgIpc) is 3.01. The van der Waals surface area contributed by atoms with Gasteiger partial charge in [-0.3, -0.25) is 0 Å². The lowest BCUT2D eigenvalue weighted by molar-refractivity contribution is 0.0947. The monoisotopic (exact) mass is 301 g/mol. The maximum atomic E-state index is 11.1. The van der Waals surface area contributed by atoms with E-state index in [0.717, 1.165) is 30.5 Å². The number of hydrogen-bond donors (Lipinski definition) is 2. The fraction of sp³-hybridized carbons (Fsp3) is 0.412. The largest absolute Gasteiger partial charge is 0.438 e. The summed E-state index contributed by atoms with van der Waals surface area (Å²) in [6, 6.07) is 9.87. The molecule has 0 bridgehead atoms. The van der Waals surface area contributed by atoms with E-state index in [-0.39, 0.29) is 0 Å². The molecule has 1 unspecified atom stereocenters. The van der Waals surface area contributed by atoms with Crippen LogP contribution in [0.25, 0.3) is 11.3 Å². The molecule has 118 valence electrons. The summed E-state index contributed by atoms with van der Waals surface area (Å²) in [6.45, 7) is 2.16. The minimum absolute atomic E-state index is 0.410. The third kappa shape index (κ3) is 4.62. The van der Waals surface area contributed by atoms with Crippen LogP contribution in [0.5, 0.6) is 0 Å². The van der Waals surface area contributed by atoms with Crippen molar-refractivity contribution in [2.75, 3.05) is 0 Å². The second-order valence-electron chi connectivity index (χ2n) is 5.31. The summed E-state index contributed by atoms with van der Waals surface area (Å²) >= 11 is 0. The van der Waals surface area contributed by atoms with Crippen LogP contribution in [0, 0.1) is 0 Å². The normalized spacial score (nSPS) is 12.0. The highest BCUT2D eigenvalue weighted by atomic mass is 16.6. The Balaban J connectivity index is 2.07. The minimum Gasteiger partial charge on any atom is -0.438 e. The highest BCUT2D eigenvalue weighted by Crippen LogP contribution is 2.25. The number of amides is 1. The molecular formula is C17H23N3O2. The smallest absolute Gasteiger partial charge is 0.405 e. The van der Waals surface area contributed by atoms with Gasteiger partial charge in [-0.1, -0.05) is 56.5 Å². The quantitative estimate of drug-likeness (QED) is 0.717. The van der Waals surface area contributed by atoms with E-state index in [1.54, 1.807) is 0 Å². The van der Waals surface area contributed by atoms with E-state index in [0.29, 0.717) is 5.82 Å². The maximum absolute atomic E-state index is 11.1. The molecular weight excluding hydrogens is 278 g/mol. The second-order valence-corrected chi connectivity index (χ2v) is 5.31. The van der Waals surface area contributed by atoms with E-state index in [9.17, 15) is 4.79 Å². The molecule has 5 nitrogen and oxygen atoms in total. The van der Waals surface area contributed by atoms with Gasteiger partial charge >= 0.3 is 6.09 Å². The van der Waals surface area contributed by atoms with Crippen LogP contribution in [0.4, 0.5) is 4.79 Å². The predicted molar refractivity (Wildman–Crippen MR) is 86.2 cm³/mol. The lowest BCUT2D eigenvalue weighted by Crippen LogP contribution is -2.18. The standard InChI is InChI=1S/C17H23N3O2/c1-2-3-4-8-11-15(22-17(18)21)16-19-12-14(20-16)13-9-6-5-7-10-13/h5-7,9-10,12,15H,2-4,8,11H2,1H3,(H2,18,21)(H,19,20). The average molecular weight is 301 g/mol.